The largest absolute Gasteiger partial charge is 0.378 e. The van der Waals surface area contributed by atoms with Crippen LogP contribution < -0.4 is 5.32 Å². The Morgan fingerprint density at radius 2 is 1.79 bits per heavy atom. The van der Waals surface area contributed by atoms with Crippen LogP contribution >= 0.6 is 0 Å². The summed E-state index contributed by atoms with van der Waals surface area (Å²) < 4.78 is 40.7. The van der Waals surface area contributed by atoms with Gasteiger partial charge in [0.2, 0.25) is 0 Å². The highest BCUT2D eigenvalue weighted by Gasteiger charge is 2.15. The molecule has 0 radical (unpaired) electrons. The number of anilines is 1. The van der Waals surface area contributed by atoms with E-state index in [4.69, 9.17) is 0 Å². The lowest BCUT2D eigenvalue weighted by molar-refractivity contribution is 0.447. The van der Waals surface area contributed by atoms with Crippen LogP contribution in [0.3, 0.4) is 0 Å². The van der Waals surface area contributed by atoms with E-state index < -0.39 is 17.5 Å². The third kappa shape index (κ3) is 2.72. The molecule has 0 spiro atoms. The van der Waals surface area contributed by atoms with Crippen molar-refractivity contribution in [2.45, 2.75) is 19.9 Å². The van der Waals surface area contributed by atoms with Crippen LogP contribution in [-0.2, 0) is 7.05 Å². The third-order valence-corrected chi connectivity index (χ3v) is 2.88. The summed E-state index contributed by atoms with van der Waals surface area (Å²) in [5.41, 5.74) is 1.92. The van der Waals surface area contributed by atoms with Crippen LogP contribution in [-0.4, -0.2) is 9.78 Å². The van der Waals surface area contributed by atoms with Crippen molar-refractivity contribution in [2.75, 3.05) is 5.32 Å². The zero-order valence-corrected chi connectivity index (χ0v) is 10.8. The highest BCUT2D eigenvalue weighted by atomic mass is 19.2. The molecule has 0 bridgehead atoms. The summed E-state index contributed by atoms with van der Waals surface area (Å²) in [5, 5.41) is 7.11. The number of hydrogen-bond donors (Lipinski definition) is 1. The molecule has 2 rings (SSSR count). The molecule has 1 N–H and O–H groups in total. The Hall–Kier alpha value is -1.98. The predicted molar refractivity (Wildman–Crippen MR) is 66.3 cm³/mol. The van der Waals surface area contributed by atoms with Gasteiger partial charge in [0.25, 0.3) is 0 Å². The van der Waals surface area contributed by atoms with E-state index in [2.05, 4.69) is 10.4 Å². The maximum atomic E-state index is 13.1. The van der Waals surface area contributed by atoms with Crippen LogP contribution in [0.2, 0.25) is 0 Å². The number of aromatic nitrogens is 2. The average molecular weight is 269 g/mol. The number of hydrogen-bond acceptors (Lipinski definition) is 2. The molecule has 2 aromatic rings. The predicted octanol–water partition coefficient (Wildman–Crippen LogP) is 3.32. The third-order valence-electron chi connectivity index (χ3n) is 2.88. The highest BCUT2D eigenvalue weighted by Crippen LogP contribution is 2.23. The number of halogens is 3. The standard InChI is InChI=1S/C13H14F3N3/c1-7(10-6-19(3)18-8(10)2)17-9-4-11(14)13(16)12(15)5-9/h4-7,17H,1-3H3. The first-order valence-corrected chi connectivity index (χ1v) is 5.79. The highest BCUT2D eigenvalue weighted by molar-refractivity contribution is 5.46. The van der Waals surface area contributed by atoms with Crippen molar-refractivity contribution in [1.82, 2.24) is 9.78 Å². The second-order valence-corrected chi connectivity index (χ2v) is 4.46. The molecule has 6 heteroatoms. The van der Waals surface area contributed by atoms with E-state index in [0.717, 1.165) is 23.4 Å². The molecular weight excluding hydrogens is 255 g/mol. The quantitative estimate of drug-likeness (QED) is 0.866. The lowest BCUT2D eigenvalue weighted by Crippen LogP contribution is -2.08. The molecule has 0 amide bonds. The summed E-state index contributed by atoms with van der Waals surface area (Å²) in [6, 6.07) is 1.67. The Bertz CT molecular complexity index is 584. The lowest BCUT2D eigenvalue weighted by atomic mass is 10.1. The van der Waals surface area contributed by atoms with Gasteiger partial charge in [-0.2, -0.15) is 5.10 Å². The van der Waals surface area contributed by atoms with Crippen molar-refractivity contribution in [3.05, 3.63) is 47.0 Å². The Morgan fingerprint density at radius 3 is 2.26 bits per heavy atom. The molecule has 0 saturated carbocycles. The summed E-state index contributed by atoms with van der Waals surface area (Å²) in [6.07, 6.45) is 1.82. The summed E-state index contributed by atoms with van der Waals surface area (Å²) in [6.45, 7) is 3.68. The Balaban J connectivity index is 2.24. The fourth-order valence-electron chi connectivity index (χ4n) is 2.01. The molecule has 1 atom stereocenters. The number of benzene rings is 1. The fourth-order valence-corrected chi connectivity index (χ4v) is 2.01. The first-order valence-electron chi connectivity index (χ1n) is 5.79. The number of nitrogens with zero attached hydrogens (tertiary/aromatic N) is 2. The Labute approximate surface area is 109 Å². The van der Waals surface area contributed by atoms with E-state index in [1.165, 1.54) is 0 Å². The topological polar surface area (TPSA) is 29.9 Å². The molecule has 1 unspecified atom stereocenters. The zero-order valence-electron chi connectivity index (χ0n) is 10.8. The molecule has 0 aliphatic carbocycles. The van der Waals surface area contributed by atoms with Gasteiger partial charge in [-0.15, -0.1) is 0 Å². The Morgan fingerprint density at radius 1 is 1.21 bits per heavy atom. The van der Waals surface area contributed by atoms with Crippen molar-refractivity contribution < 1.29 is 13.2 Å². The minimum atomic E-state index is -1.46. The minimum Gasteiger partial charge on any atom is -0.378 e. The van der Waals surface area contributed by atoms with E-state index in [1.54, 1.807) is 11.7 Å². The molecule has 1 aromatic heterocycles. The Kier molecular flexibility index (Phi) is 3.50. The second kappa shape index (κ2) is 4.95. The molecule has 102 valence electrons. The van der Waals surface area contributed by atoms with E-state index >= 15 is 0 Å². The van der Waals surface area contributed by atoms with E-state index in [0.29, 0.717) is 0 Å². The van der Waals surface area contributed by atoms with Crippen LogP contribution in [0.15, 0.2) is 18.3 Å². The normalized spacial score (nSPS) is 12.5. The summed E-state index contributed by atoms with van der Waals surface area (Å²) in [5.74, 6) is -3.88. The van der Waals surface area contributed by atoms with Gasteiger partial charge in [0.05, 0.1) is 11.7 Å². The van der Waals surface area contributed by atoms with Crippen LogP contribution in [0.1, 0.15) is 24.2 Å². The van der Waals surface area contributed by atoms with Gasteiger partial charge in [-0.1, -0.05) is 0 Å². The molecule has 0 fully saturated rings. The van der Waals surface area contributed by atoms with Crippen LogP contribution in [0, 0.1) is 24.4 Å². The number of nitrogens with one attached hydrogen (secondary N) is 1. The summed E-state index contributed by atoms with van der Waals surface area (Å²) in [7, 11) is 1.79. The molecule has 0 aliphatic rings. The maximum absolute atomic E-state index is 13.1. The summed E-state index contributed by atoms with van der Waals surface area (Å²) in [4.78, 5) is 0. The lowest BCUT2D eigenvalue weighted by Gasteiger charge is -2.15. The molecule has 1 aromatic carbocycles. The molecule has 1 heterocycles. The molecule has 3 nitrogen and oxygen atoms in total. The van der Waals surface area contributed by atoms with Gasteiger partial charge >= 0.3 is 0 Å². The van der Waals surface area contributed by atoms with Crippen molar-refractivity contribution in [3.63, 3.8) is 0 Å². The van der Waals surface area contributed by atoms with Crippen molar-refractivity contribution in [2.24, 2.45) is 7.05 Å². The van der Waals surface area contributed by atoms with E-state index in [9.17, 15) is 13.2 Å². The smallest absolute Gasteiger partial charge is 0.194 e. The van der Waals surface area contributed by atoms with Gasteiger partial charge in [-0.05, 0) is 13.8 Å². The van der Waals surface area contributed by atoms with Gasteiger partial charge < -0.3 is 5.32 Å². The van der Waals surface area contributed by atoms with Gasteiger partial charge in [0.1, 0.15) is 0 Å². The fraction of sp³-hybridized carbons (Fsp3) is 0.308. The van der Waals surface area contributed by atoms with Crippen molar-refractivity contribution in [3.8, 4) is 0 Å². The van der Waals surface area contributed by atoms with Crippen LogP contribution in [0.5, 0.6) is 0 Å². The molecule has 0 aliphatic heterocycles. The van der Waals surface area contributed by atoms with Crippen molar-refractivity contribution in [1.29, 1.82) is 0 Å². The SMILES string of the molecule is Cc1nn(C)cc1C(C)Nc1cc(F)c(F)c(F)c1. The second-order valence-electron chi connectivity index (χ2n) is 4.46. The maximum Gasteiger partial charge on any atom is 0.194 e. The van der Waals surface area contributed by atoms with Crippen molar-refractivity contribution >= 4 is 5.69 Å². The van der Waals surface area contributed by atoms with Gasteiger partial charge in [-0.25, -0.2) is 13.2 Å². The van der Waals surface area contributed by atoms with E-state index in [-0.39, 0.29) is 11.7 Å². The van der Waals surface area contributed by atoms with E-state index in [1.807, 2.05) is 20.0 Å². The first kappa shape index (κ1) is 13.5. The first-order chi connectivity index (χ1) is 8.88. The van der Waals surface area contributed by atoms with Gasteiger partial charge in [-0.3, -0.25) is 4.68 Å². The minimum absolute atomic E-state index is 0.187. The van der Waals surface area contributed by atoms with Crippen LogP contribution in [0.4, 0.5) is 18.9 Å². The van der Waals surface area contributed by atoms with Crippen LogP contribution in [0.25, 0.3) is 0 Å². The van der Waals surface area contributed by atoms with Gasteiger partial charge in [0, 0.05) is 36.6 Å². The molecule has 19 heavy (non-hydrogen) atoms. The molecular formula is C13H14F3N3. The monoisotopic (exact) mass is 269 g/mol. The number of rotatable bonds is 3. The zero-order chi connectivity index (χ0) is 14.2. The number of aryl methyl sites for hydroxylation is 2. The molecule has 0 saturated heterocycles. The average Bonchev–Trinajstić information content (AvgIpc) is 2.65. The summed E-state index contributed by atoms with van der Waals surface area (Å²) >= 11 is 0. The van der Waals surface area contributed by atoms with Gasteiger partial charge in [0.15, 0.2) is 17.5 Å².